The molecule has 0 saturated carbocycles. The number of thioether (sulfide) groups is 1. The molecule has 3 rings (SSSR count). The fourth-order valence-electron chi connectivity index (χ4n) is 4.10. The number of rotatable bonds is 12. The minimum absolute atomic E-state index is 0.107. The Bertz CT molecular complexity index is 1060. The van der Waals surface area contributed by atoms with Crippen molar-refractivity contribution in [3.05, 3.63) is 53.1 Å². The molecule has 3 aromatic rings. The largest absolute Gasteiger partial charge is 0.431 e. The van der Waals surface area contributed by atoms with Gasteiger partial charge in [-0.05, 0) is 67.6 Å². The van der Waals surface area contributed by atoms with Crippen LogP contribution in [0.15, 0.2) is 46.0 Å². The van der Waals surface area contributed by atoms with Gasteiger partial charge >= 0.3 is 0 Å². The van der Waals surface area contributed by atoms with Crippen LogP contribution < -0.4 is 5.32 Å². The summed E-state index contributed by atoms with van der Waals surface area (Å²) in [6, 6.07) is 12.5. The van der Waals surface area contributed by atoms with Crippen LogP contribution in [0.1, 0.15) is 81.9 Å². The molecule has 0 saturated heterocycles. The highest BCUT2D eigenvalue weighted by Gasteiger charge is 2.16. The van der Waals surface area contributed by atoms with Crippen LogP contribution in [0.3, 0.4) is 0 Å². The molecule has 5 nitrogen and oxygen atoms in total. The van der Waals surface area contributed by atoms with Crippen LogP contribution in [0.2, 0.25) is 0 Å². The molecule has 0 fully saturated rings. The smallest absolute Gasteiger partial charge is 0.256 e. The Kier molecular flexibility index (Phi) is 9.60. The fourth-order valence-corrected chi connectivity index (χ4v) is 4.93. The summed E-state index contributed by atoms with van der Waals surface area (Å²) < 4.78 is 5.87. The average Bonchev–Trinajstić information content (AvgIpc) is 3.17. The molecule has 1 N–H and O–H groups in total. The van der Waals surface area contributed by atoms with Gasteiger partial charge in [-0.25, -0.2) is 4.98 Å². The lowest BCUT2D eigenvalue weighted by Crippen LogP contribution is -2.15. The van der Waals surface area contributed by atoms with Crippen LogP contribution >= 0.6 is 11.8 Å². The molecule has 0 aliphatic rings. The summed E-state index contributed by atoms with van der Waals surface area (Å²) in [5, 5.41) is 3.94. The topological polar surface area (TPSA) is 58.4 Å². The lowest BCUT2D eigenvalue weighted by Gasteiger charge is -2.20. The molecule has 0 unspecified atom stereocenters. The summed E-state index contributed by atoms with van der Waals surface area (Å²) in [4.78, 5) is 19.4. The first kappa shape index (κ1) is 26.3. The Labute approximate surface area is 208 Å². The van der Waals surface area contributed by atoms with Gasteiger partial charge in [0.05, 0.1) is 0 Å². The second kappa shape index (κ2) is 12.4. The molecule has 2 aromatic carbocycles. The predicted octanol–water partition coefficient (Wildman–Crippen LogP) is 7.43. The van der Waals surface area contributed by atoms with Gasteiger partial charge in [0.25, 0.3) is 5.22 Å². The molecule has 0 aliphatic heterocycles. The van der Waals surface area contributed by atoms with Gasteiger partial charge in [0.15, 0.2) is 5.58 Å². The third-order valence-electron chi connectivity index (χ3n) is 5.84. The van der Waals surface area contributed by atoms with E-state index in [2.05, 4.69) is 87.3 Å². The maximum Gasteiger partial charge on any atom is 0.256 e. The molecule has 1 aromatic heterocycles. The first-order valence-corrected chi connectivity index (χ1v) is 13.3. The highest BCUT2D eigenvalue weighted by atomic mass is 32.2. The molecule has 34 heavy (non-hydrogen) atoms. The number of hydrogen-bond acceptors (Lipinski definition) is 5. The molecule has 0 spiro atoms. The Morgan fingerprint density at radius 1 is 1.03 bits per heavy atom. The number of carbonyl (C=O) groups excluding carboxylic acids is 1. The number of hydrogen-bond donors (Lipinski definition) is 1. The van der Waals surface area contributed by atoms with E-state index in [9.17, 15) is 4.79 Å². The first-order chi connectivity index (χ1) is 16.2. The number of nitrogens with zero attached hydrogens (tertiary/aromatic N) is 2. The molecule has 6 heteroatoms. The molecule has 1 heterocycles. The van der Waals surface area contributed by atoms with Gasteiger partial charge in [-0.1, -0.05) is 70.1 Å². The SMILES string of the molecule is CC(C)c1cccc(C(C)C)c1NC(=O)CCCCCSc1nc2cc(CN(C)C)ccc2o1. The third kappa shape index (κ3) is 7.34. The molecule has 0 atom stereocenters. The summed E-state index contributed by atoms with van der Waals surface area (Å²) in [7, 11) is 4.12. The van der Waals surface area contributed by atoms with Crippen LogP contribution in [0.5, 0.6) is 0 Å². The molecule has 0 aliphatic carbocycles. The zero-order valence-electron chi connectivity index (χ0n) is 21.5. The van der Waals surface area contributed by atoms with Gasteiger partial charge in [-0.2, -0.15) is 0 Å². The molecular weight excluding hydrogens is 442 g/mol. The average molecular weight is 482 g/mol. The van der Waals surface area contributed by atoms with E-state index >= 15 is 0 Å². The highest BCUT2D eigenvalue weighted by molar-refractivity contribution is 7.99. The standard InChI is InChI=1S/C28H39N3O2S/c1-19(2)22-11-10-12-23(20(3)4)27(22)30-26(32)13-8-7-9-16-34-28-29-24-17-21(18-31(5)6)14-15-25(24)33-28/h10-12,14-15,17,19-20H,7-9,13,16,18H2,1-6H3,(H,30,32). The van der Waals surface area contributed by atoms with Gasteiger partial charge in [0.1, 0.15) is 5.52 Å². The molecule has 0 bridgehead atoms. The van der Waals surface area contributed by atoms with Crippen molar-refractivity contribution in [2.45, 2.75) is 77.0 Å². The van der Waals surface area contributed by atoms with Gasteiger partial charge in [-0.15, -0.1) is 0 Å². The predicted molar refractivity (Wildman–Crippen MR) is 144 cm³/mol. The van der Waals surface area contributed by atoms with E-state index in [0.29, 0.717) is 18.3 Å². The lowest BCUT2D eigenvalue weighted by atomic mass is 9.92. The number of para-hydroxylation sites is 1. The van der Waals surface area contributed by atoms with Crippen molar-refractivity contribution < 1.29 is 9.21 Å². The lowest BCUT2D eigenvalue weighted by molar-refractivity contribution is -0.116. The summed E-state index contributed by atoms with van der Waals surface area (Å²) in [6.07, 6.45) is 3.47. The van der Waals surface area contributed by atoms with Gasteiger partial charge in [0.2, 0.25) is 5.91 Å². The number of oxazole rings is 1. The monoisotopic (exact) mass is 481 g/mol. The summed E-state index contributed by atoms with van der Waals surface area (Å²) in [5.41, 5.74) is 6.42. The van der Waals surface area contributed by atoms with E-state index in [1.165, 1.54) is 16.7 Å². The van der Waals surface area contributed by atoms with Crippen LogP contribution in [-0.4, -0.2) is 35.6 Å². The van der Waals surface area contributed by atoms with Crippen LogP contribution in [0.25, 0.3) is 11.1 Å². The summed E-state index contributed by atoms with van der Waals surface area (Å²) in [6.45, 7) is 9.58. The minimum atomic E-state index is 0.107. The van der Waals surface area contributed by atoms with Gasteiger partial charge < -0.3 is 14.6 Å². The van der Waals surface area contributed by atoms with E-state index < -0.39 is 0 Å². The maximum absolute atomic E-state index is 12.7. The van der Waals surface area contributed by atoms with E-state index in [0.717, 1.165) is 53.6 Å². The molecule has 184 valence electrons. The third-order valence-corrected chi connectivity index (χ3v) is 6.76. The molecular formula is C28H39N3O2S. The van der Waals surface area contributed by atoms with Crippen LogP contribution in [0.4, 0.5) is 5.69 Å². The van der Waals surface area contributed by atoms with Gasteiger partial charge in [-0.3, -0.25) is 4.79 Å². The fraction of sp³-hybridized carbons (Fsp3) is 0.500. The Morgan fingerprint density at radius 2 is 1.74 bits per heavy atom. The normalized spacial score (nSPS) is 11.8. The highest BCUT2D eigenvalue weighted by Crippen LogP contribution is 2.32. The zero-order chi connectivity index (χ0) is 24.7. The van der Waals surface area contributed by atoms with E-state index in [1.807, 2.05) is 6.07 Å². The van der Waals surface area contributed by atoms with Crippen molar-refractivity contribution in [1.29, 1.82) is 0 Å². The zero-order valence-corrected chi connectivity index (χ0v) is 22.3. The Balaban J connectivity index is 1.43. The number of amides is 1. The molecule has 0 radical (unpaired) electrons. The number of unbranched alkanes of at least 4 members (excludes halogenated alkanes) is 2. The summed E-state index contributed by atoms with van der Waals surface area (Å²) >= 11 is 1.65. The van der Waals surface area contributed by atoms with E-state index in [4.69, 9.17) is 4.42 Å². The minimum Gasteiger partial charge on any atom is -0.431 e. The van der Waals surface area contributed by atoms with E-state index in [1.54, 1.807) is 11.8 Å². The number of fused-ring (bicyclic) bond motifs is 1. The van der Waals surface area contributed by atoms with Crippen molar-refractivity contribution >= 4 is 34.5 Å². The number of nitrogens with one attached hydrogen (secondary N) is 1. The second-order valence-corrected chi connectivity index (χ2v) is 10.9. The maximum atomic E-state index is 12.7. The molecule has 1 amide bonds. The van der Waals surface area contributed by atoms with Crippen molar-refractivity contribution in [2.24, 2.45) is 0 Å². The van der Waals surface area contributed by atoms with Crippen LogP contribution in [0, 0.1) is 0 Å². The quantitative estimate of drug-likeness (QED) is 0.215. The number of aromatic nitrogens is 1. The van der Waals surface area contributed by atoms with Crippen molar-refractivity contribution in [2.75, 3.05) is 25.2 Å². The first-order valence-electron chi connectivity index (χ1n) is 12.3. The Morgan fingerprint density at radius 3 is 2.38 bits per heavy atom. The second-order valence-electron chi connectivity index (χ2n) is 9.85. The van der Waals surface area contributed by atoms with Crippen LogP contribution in [-0.2, 0) is 11.3 Å². The van der Waals surface area contributed by atoms with Crippen molar-refractivity contribution in [3.8, 4) is 0 Å². The number of carbonyl (C=O) groups is 1. The van der Waals surface area contributed by atoms with Crippen molar-refractivity contribution in [1.82, 2.24) is 9.88 Å². The summed E-state index contributed by atoms with van der Waals surface area (Å²) in [5.74, 6) is 1.79. The van der Waals surface area contributed by atoms with Gasteiger partial charge in [0, 0.05) is 24.4 Å². The van der Waals surface area contributed by atoms with Crippen molar-refractivity contribution in [3.63, 3.8) is 0 Å². The van der Waals surface area contributed by atoms with E-state index in [-0.39, 0.29) is 5.91 Å². The number of benzene rings is 2. The Hall–Kier alpha value is -2.31. The number of anilines is 1.